The molecule has 0 spiro atoms. The number of benzene rings is 2. The Bertz CT molecular complexity index is 742. The number of halogens is 1. The average Bonchev–Trinajstić information content (AvgIpc) is 3.27. The molecule has 0 aromatic heterocycles. The van der Waals surface area contributed by atoms with Crippen LogP contribution in [0, 0.1) is 23.6 Å². The largest absolute Gasteiger partial charge is 0.334 e. The van der Waals surface area contributed by atoms with Crippen LogP contribution in [0.5, 0.6) is 0 Å². The van der Waals surface area contributed by atoms with E-state index in [1.54, 1.807) is 12.1 Å². The van der Waals surface area contributed by atoms with Crippen LogP contribution >= 0.6 is 0 Å². The molecule has 0 saturated heterocycles. The van der Waals surface area contributed by atoms with Gasteiger partial charge in [-0.3, -0.25) is 4.79 Å². The molecule has 4 atom stereocenters. The van der Waals surface area contributed by atoms with E-state index in [0.717, 1.165) is 23.5 Å². The van der Waals surface area contributed by atoms with Crippen molar-refractivity contribution in [3.8, 4) is 0 Å². The van der Waals surface area contributed by atoms with Gasteiger partial charge in [-0.1, -0.05) is 48.9 Å². The molecule has 2 aliphatic carbocycles. The molecule has 2 fully saturated rings. The SMILES string of the molecule is CN(C(=O)[C@@H]1C[C@H]2CC[C@H]1C2)[C@H](c1ccccc1)c1ccc(F)cc1. The predicted octanol–water partition coefficient (Wildman–Crippen LogP) is 4.81. The third-order valence-corrected chi connectivity index (χ3v) is 6.09. The van der Waals surface area contributed by atoms with E-state index in [2.05, 4.69) is 0 Å². The Morgan fingerprint density at radius 2 is 1.68 bits per heavy atom. The number of hydrogen-bond acceptors (Lipinski definition) is 1. The highest BCUT2D eigenvalue weighted by molar-refractivity contribution is 5.80. The summed E-state index contributed by atoms with van der Waals surface area (Å²) < 4.78 is 13.4. The standard InChI is InChI=1S/C22H24FNO/c1-24(22(25)20-14-15-7-8-18(20)13-15)21(16-5-3-2-4-6-16)17-9-11-19(23)12-10-17/h2-6,9-12,15,18,20-21H,7-8,13-14H2,1H3/t15-,18-,20+,21+/m0/s1. The molecular weight excluding hydrogens is 313 g/mol. The van der Waals surface area contributed by atoms with Gasteiger partial charge in [-0.15, -0.1) is 0 Å². The molecule has 130 valence electrons. The molecule has 4 rings (SSSR count). The highest BCUT2D eigenvalue weighted by Gasteiger charge is 2.44. The highest BCUT2D eigenvalue weighted by atomic mass is 19.1. The molecule has 0 radical (unpaired) electrons. The Kier molecular flexibility index (Phi) is 4.32. The zero-order valence-electron chi connectivity index (χ0n) is 14.6. The molecule has 0 aliphatic heterocycles. The van der Waals surface area contributed by atoms with E-state index >= 15 is 0 Å². The molecule has 2 bridgehead atoms. The Morgan fingerprint density at radius 3 is 2.28 bits per heavy atom. The molecular formula is C22H24FNO. The number of amides is 1. The van der Waals surface area contributed by atoms with Crippen LogP contribution in [-0.2, 0) is 4.79 Å². The zero-order chi connectivity index (χ0) is 17.4. The van der Waals surface area contributed by atoms with Crippen molar-refractivity contribution < 1.29 is 9.18 Å². The molecule has 2 aromatic carbocycles. The summed E-state index contributed by atoms with van der Waals surface area (Å²) in [4.78, 5) is 15.1. The molecule has 2 nitrogen and oxygen atoms in total. The van der Waals surface area contributed by atoms with Crippen molar-refractivity contribution >= 4 is 5.91 Å². The van der Waals surface area contributed by atoms with Crippen LogP contribution in [0.3, 0.4) is 0 Å². The molecule has 0 unspecified atom stereocenters. The number of hydrogen-bond donors (Lipinski definition) is 0. The van der Waals surface area contributed by atoms with Crippen LogP contribution in [0.15, 0.2) is 54.6 Å². The van der Waals surface area contributed by atoms with Crippen molar-refractivity contribution in [2.45, 2.75) is 31.7 Å². The van der Waals surface area contributed by atoms with Gasteiger partial charge in [0.1, 0.15) is 5.82 Å². The minimum absolute atomic E-state index is 0.162. The molecule has 3 heteroatoms. The quantitative estimate of drug-likeness (QED) is 0.784. The summed E-state index contributed by atoms with van der Waals surface area (Å²) in [6.45, 7) is 0. The van der Waals surface area contributed by atoms with Gasteiger partial charge in [0.15, 0.2) is 0 Å². The Hall–Kier alpha value is -2.16. The van der Waals surface area contributed by atoms with Crippen LogP contribution < -0.4 is 0 Å². The fourth-order valence-electron chi connectivity index (χ4n) is 4.86. The van der Waals surface area contributed by atoms with Gasteiger partial charge in [0.25, 0.3) is 0 Å². The lowest BCUT2D eigenvalue weighted by molar-refractivity contribution is -0.137. The lowest BCUT2D eigenvalue weighted by atomic mass is 9.86. The second-order valence-corrected chi connectivity index (χ2v) is 7.60. The zero-order valence-corrected chi connectivity index (χ0v) is 14.6. The number of carbonyl (C=O) groups excluding carboxylic acids is 1. The number of rotatable bonds is 4. The summed E-state index contributed by atoms with van der Waals surface area (Å²) in [7, 11) is 1.90. The first kappa shape index (κ1) is 16.3. The number of nitrogens with zero attached hydrogens (tertiary/aromatic N) is 1. The maximum atomic E-state index is 13.4. The summed E-state index contributed by atoms with van der Waals surface area (Å²) in [6, 6.07) is 16.4. The fraction of sp³-hybridized carbons (Fsp3) is 0.409. The molecule has 2 aromatic rings. The molecule has 2 saturated carbocycles. The first-order valence-corrected chi connectivity index (χ1v) is 9.20. The van der Waals surface area contributed by atoms with E-state index in [-0.39, 0.29) is 23.7 Å². The molecule has 0 N–H and O–H groups in total. The second-order valence-electron chi connectivity index (χ2n) is 7.60. The van der Waals surface area contributed by atoms with E-state index < -0.39 is 0 Å². The fourth-order valence-corrected chi connectivity index (χ4v) is 4.86. The maximum absolute atomic E-state index is 13.4. The molecule has 1 amide bonds. The van der Waals surface area contributed by atoms with Crippen LogP contribution in [0.4, 0.5) is 4.39 Å². The van der Waals surface area contributed by atoms with Gasteiger partial charge in [-0.25, -0.2) is 4.39 Å². The monoisotopic (exact) mass is 337 g/mol. The number of fused-ring (bicyclic) bond motifs is 2. The third-order valence-electron chi connectivity index (χ3n) is 6.09. The third kappa shape index (κ3) is 3.08. The summed E-state index contributed by atoms with van der Waals surface area (Å²) in [5.41, 5.74) is 2.01. The smallest absolute Gasteiger partial charge is 0.226 e. The lowest BCUT2D eigenvalue weighted by Gasteiger charge is -2.33. The first-order chi connectivity index (χ1) is 12.1. The van der Waals surface area contributed by atoms with Gasteiger partial charge >= 0.3 is 0 Å². The van der Waals surface area contributed by atoms with Crippen molar-refractivity contribution in [2.75, 3.05) is 7.05 Å². The van der Waals surface area contributed by atoms with Gasteiger partial charge in [-0.2, -0.15) is 0 Å². The van der Waals surface area contributed by atoms with Crippen LogP contribution in [-0.4, -0.2) is 17.9 Å². The van der Waals surface area contributed by atoms with Crippen LogP contribution in [0.25, 0.3) is 0 Å². The van der Waals surface area contributed by atoms with E-state index in [1.165, 1.54) is 31.4 Å². The van der Waals surface area contributed by atoms with E-state index in [0.29, 0.717) is 5.92 Å². The molecule has 2 aliphatic rings. The second kappa shape index (κ2) is 6.62. The van der Waals surface area contributed by atoms with Crippen LogP contribution in [0.1, 0.15) is 42.9 Å². The minimum atomic E-state index is -0.252. The van der Waals surface area contributed by atoms with Crippen molar-refractivity contribution in [1.29, 1.82) is 0 Å². The van der Waals surface area contributed by atoms with Crippen molar-refractivity contribution in [1.82, 2.24) is 4.90 Å². The minimum Gasteiger partial charge on any atom is -0.334 e. The maximum Gasteiger partial charge on any atom is 0.226 e. The first-order valence-electron chi connectivity index (χ1n) is 9.20. The van der Waals surface area contributed by atoms with E-state index in [9.17, 15) is 9.18 Å². The van der Waals surface area contributed by atoms with Crippen molar-refractivity contribution in [2.24, 2.45) is 17.8 Å². The van der Waals surface area contributed by atoms with E-state index in [1.807, 2.05) is 42.3 Å². The topological polar surface area (TPSA) is 20.3 Å². The van der Waals surface area contributed by atoms with Gasteiger partial charge in [0, 0.05) is 13.0 Å². The highest BCUT2D eigenvalue weighted by Crippen LogP contribution is 2.49. The predicted molar refractivity (Wildman–Crippen MR) is 96.4 cm³/mol. The van der Waals surface area contributed by atoms with Gasteiger partial charge < -0.3 is 4.90 Å². The summed E-state index contributed by atoms with van der Waals surface area (Å²) >= 11 is 0. The van der Waals surface area contributed by atoms with Gasteiger partial charge in [-0.05, 0) is 54.4 Å². The Balaban J connectivity index is 1.65. The van der Waals surface area contributed by atoms with Crippen molar-refractivity contribution in [3.63, 3.8) is 0 Å². The molecule has 25 heavy (non-hydrogen) atoms. The Labute approximate surface area is 148 Å². The molecule has 0 heterocycles. The number of carbonyl (C=O) groups is 1. The van der Waals surface area contributed by atoms with Crippen LogP contribution in [0.2, 0.25) is 0 Å². The van der Waals surface area contributed by atoms with Crippen molar-refractivity contribution in [3.05, 3.63) is 71.5 Å². The Morgan fingerprint density at radius 1 is 1.00 bits per heavy atom. The normalized spacial score (nSPS) is 25.8. The summed E-state index contributed by atoms with van der Waals surface area (Å²) in [5, 5.41) is 0. The average molecular weight is 337 g/mol. The summed E-state index contributed by atoms with van der Waals surface area (Å²) in [5.74, 6) is 1.45. The lowest BCUT2D eigenvalue weighted by Crippen LogP contribution is -2.38. The summed E-state index contributed by atoms with van der Waals surface area (Å²) in [6.07, 6.45) is 4.75. The van der Waals surface area contributed by atoms with Gasteiger partial charge in [0.2, 0.25) is 5.91 Å². The van der Waals surface area contributed by atoms with E-state index in [4.69, 9.17) is 0 Å². The van der Waals surface area contributed by atoms with Gasteiger partial charge in [0.05, 0.1) is 6.04 Å².